The van der Waals surface area contributed by atoms with E-state index in [-0.39, 0.29) is 17.7 Å². The number of nitrogens with one attached hydrogen (secondary N) is 1. The first kappa shape index (κ1) is 26.1. The number of rotatable bonds is 8. The molecule has 0 saturated carbocycles. The molecule has 0 spiro atoms. The number of thioether (sulfide) groups is 2. The van der Waals surface area contributed by atoms with Crippen LogP contribution in [0.3, 0.4) is 0 Å². The van der Waals surface area contributed by atoms with E-state index in [1.165, 1.54) is 28.4 Å². The highest BCUT2D eigenvalue weighted by atomic mass is 79.9. The molecule has 0 bridgehead atoms. The minimum atomic E-state index is -0.379. The van der Waals surface area contributed by atoms with Crippen molar-refractivity contribution in [2.75, 3.05) is 22.2 Å². The predicted octanol–water partition coefficient (Wildman–Crippen LogP) is 7.49. The van der Waals surface area contributed by atoms with Crippen LogP contribution in [0.4, 0.5) is 11.4 Å². The van der Waals surface area contributed by atoms with Gasteiger partial charge in [0.1, 0.15) is 11.5 Å². The lowest BCUT2D eigenvalue weighted by atomic mass is 10.1. The number of fused-ring (bicyclic) bond motifs is 1. The zero-order valence-corrected chi connectivity index (χ0v) is 23.4. The van der Waals surface area contributed by atoms with Crippen LogP contribution in [0.15, 0.2) is 105 Å². The third-order valence-corrected chi connectivity index (χ3v) is 8.07. The number of benzene rings is 4. The second-order valence-corrected chi connectivity index (χ2v) is 11.1. The molecular weight excluding hydrogens is 584 g/mol. The summed E-state index contributed by atoms with van der Waals surface area (Å²) in [5.41, 5.74) is 1.87. The summed E-state index contributed by atoms with van der Waals surface area (Å²) >= 11 is 6.34. The molecule has 0 saturated heterocycles. The highest BCUT2D eigenvalue weighted by Gasteiger charge is 2.38. The summed E-state index contributed by atoms with van der Waals surface area (Å²) in [5.74, 6) is 0.426. The molecule has 0 unspecified atom stereocenters. The fraction of sp³-hybridized carbons (Fsp3) is 0.0690. The first-order valence-corrected chi connectivity index (χ1v) is 14.6. The van der Waals surface area contributed by atoms with E-state index < -0.39 is 0 Å². The lowest BCUT2D eigenvalue weighted by Crippen LogP contribution is -2.29. The molecule has 1 heterocycles. The largest absolute Gasteiger partial charge is 0.457 e. The van der Waals surface area contributed by atoms with Gasteiger partial charge in [0, 0.05) is 20.0 Å². The molecule has 9 heteroatoms. The van der Waals surface area contributed by atoms with Crippen LogP contribution in [0.2, 0.25) is 0 Å². The Kier molecular flexibility index (Phi) is 7.87. The Bertz CT molecular complexity index is 1520. The maximum atomic E-state index is 13.2. The monoisotopic (exact) mass is 604 g/mol. The number of anilines is 2. The zero-order valence-electron chi connectivity index (χ0n) is 20.1. The van der Waals surface area contributed by atoms with E-state index in [9.17, 15) is 14.4 Å². The Morgan fingerprint density at radius 1 is 0.868 bits per heavy atom. The van der Waals surface area contributed by atoms with E-state index in [2.05, 4.69) is 21.2 Å². The standard InChI is InChI=1S/C29H21BrN2O4S2/c1-37-26-5-3-2-4-25(26)32-28(34)23-15-12-21(16-24(23)29(32)35)36-20-10-8-19(9-11-20)31-27(33)17-38-22-13-6-18(30)7-14-22/h2-16H,17H2,1H3,(H,31,33). The quantitative estimate of drug-likeness (QED) is 0.166. The van der Waals surface area contributed by atoms with Gasteiger partial charge in [-0.05, 0) is 85.1 Å². The smallest absolute Gasteiger partial charge is 0.266 e. The SMILES string of the molecule is CSc1ccccc1N1C(=O)c2ccc(Oc3ccc(NC(=O)CSc4ccc(Br)cc4)cc3)cc2C1=O. The Hall–Kier alpha value is -3.53. The first-order chi connectivity index (χ1) is 18.4. The molecule has 1 aliphatic rings. The van der Waals surface area contributed by atoms with E-state index >= 15 is 0 Å². The highest BCUT2D eigenvalue weighted by Crippen LogP contribution is 2.36. The Labute approximate surface area is 236 Å². The minimum Gasteiger partial charge on any atom is -0.457 e. The zero-order chi connectivity index (χ0) is 26.6. The summed E-state index contributed by atoms with van der Waals surface area (Å²) in [6, 6.07) is 27.0. The van der Waals surface area contributed by atoms with Gasteiger partial charge in [-0.15, -0.1) is 23.5 Å². The van der Waals surface area contributed by atoms with Gasteiger partial charge in [0.15, 0.2) is 0 Å². The molecular formula is C29H21BrN2O4S2. The third kappa shape index (κ3) is 5.65. The van der Waals surface area contributed by atoms with Crippen molar-refractivity contribution in [3.05, 3.63) is 107 Å². The first-order valence-electron chi connectivity index (χ1n) is 11.5. The fourth-order valence-electron chi connectivity index (χ4n) is 3.94. The number of para-hydroxylation sites is 1. The van der Waals surface area contributed by atoms with Crippen molar-refractivity contribution in [1.29, 1.82) is 0 Å². The molecule has 0 aromatic heterocycles. The van der Waals surface area contributed by atoms with Gasteiger partial charge in [0.05, 0.1) is 22.6 Å². The highest BCUT2D eigenvalue weighted by molar-refractivity contribution is 9.10. The molecule has 190 valence electrons. The number of amides is 3. The average molecular weight is 606 g/mol. The van der Waals surface area contributed by atoms with Gasteiger partial charge in [-0.2, -0.15) is 0 Å². The van der Waals surface area contributed by atoms with Gasteiger partial charge >= 0.3 is 0 Å². The van der Waals surface area contributed by atoms with E-state index in [0.717, 1.165) is 14.3 Å². The van der Waals surface area contributed by atoms with Crippen LogP contribution in [0.25, 0.3) is 0 Å². The molecule has 5 rings (SSSR count). The normalized spacial score (nSPS) is 12.4. The van der Waals surface area contributed by atoms with Crippen LogP contribution < -0.4 is 15.0 Å². The number of hydrogen-bond acceptors (Lipinski definition) is 6. The lowest BCUT2D eigenvalue weighted by molar-refractivity contribution is -0.113. The molecule has 6 nitrogen and oxygen atoms in total. The van der Waals surface area contributed by atoms with Crippen LogP contribution in [-0.2, 0) is 4.79 Å². The van der Waals surface area contributed by atoms with Gasteiger partial charge in [0.2, 0.25) is 5.91 Å². The molecule has 3 amide bonds. The Morgan fingerprint density at radius 3 is 2.29 bits per heavy atom. The van der Waals surface area contributed by atoms with Crippen molar-refractivity contribution in [2.45, 2.75) is 9.79 Å². The molecule has 38 heavy (non-hydrogen) atoms. The summed E-state index contributed by atoms with van der Waals surface area (Å²) in [6.45, 7) is 0. The van der Waals surface area contributed by atoms with Crippen molar-refractivity contribution in [2.24, 2.45) is 0 Å². The van der Waals surface area contributed by atoms with Crippen LogP contribution in [0, 0.1) is 0 Å². The fourth-order valence-corrected chi connectivity index (χ4v) is 5.48. The second kappa shape index (κ2) is 11.5. The van der Waals surface area contributed by atoms with Crippen molar-refractivity contribution >= 4 is 68.6 Å². The van der Waals surface area contributed by atoms with Gasteiger partial charge in [0.25, 0.3) is 11.8 Å². The van der Waals surface area contributed by atoms with Gasteiger partial charge in [-0.3, -0.25) is 14.4 Å². The molecule has 1 N–H and O–H groups in total. The van der Waals surface area contributed by atoms with E-state index in [1.807, 2.05) is 42.7 Å². The molecule has 4 aromatic rings. The number of halogens is 1. The number of hydrogen-bond donors (Lipinski definition) is 1. The number of imide groups is 1. The topological polar surface area (TPSA) is 75.7 Å². The van der Waals surface area contributed by atoms with Crippen LogP contribution in [0.5, 0.6) is 11.5 Å². The number of nitrogens with zero attached hydrogens (tertiary/aromatic N) is 1. The Morgan fingerprint density at radius 2 is 1.55 bits per heavy atom. The van der Waals surface area contributed by atoms with Crippen LogP contribution >= 0.6 is 39.5 Å². The number of carbonyl (C=O) groups excluding carboxylic acids is 3. The van der Waals surface area contributed by atoms with Crippen LogP contribution in [-0.4, -0.2) is 29.7 Å². The predicted molar refractivity (Wildman–Crippen MR) is 156 cm³/mol. The molecule has 0 radical (unpaired) electrons. The van der Waals surface area contributed by atoms with Gasteiger partial charge in [-0.25, -0.2) is 4.90 Å². The van der Waals surface area contributed by atoms with E-state index in [4.69, 9.17) is 4.74 Å². The van der Waals surface area contributed by atoms with Crippen molar-refractivity contribution in [3.8, 4) is 11.5 Å². The maximum Gasteiger partial charge on any atom is 0.266 e. The van der Waals surface area contributed by atoms with Crippen molar-refractivity contribution < 1.29 is 19.1 Å². The van der Waals surface area contributed by atoms with E-state index in [1.54, 1.807) is 54.6 Å². The van der Waals surface area contributed by atoms with E-state index in [0.29, 0.717) is 39.8 Å². The number of ether oxygens (including phenoxy) is 1. The number of carbonyl (C=O) groups is 3. The van der Waals surface area contributed by atoms with Gasteiger partial charge in [-0.1, -0.05) is 28.1 Å². The average Bonchev–Trinajstić information content (AvgIpc) is 3.18. The Balaban J connectivity index is 1.23. The summed E-state index contributed by atoms with van der Waals surface area (Å²) < 4.78 is 6.93. The molecule has 0 atom stereocenters. The van der Waals surface area contributed by atoms with Crippen LogP contribution in [0.1, 0.15) is 20.7 Å². The maximum absolute atomic E-state index is 13.2. The molecule has 0 aliphatic carbocycles. The molecule has 1 aliphatic heterocycles. The molecule has 0 fully saturated rings. The lowest BCUT2D eigenvalue weighted by Gasteiger charge is -2.16. The van der Waals surface area contributed by atoms with Gasteiger partial charge < -0.3 is 10.1 Å². The summed E-state index contributed by atoms with van der Waals surface area (Å²) in [7, 11) is 0. The molecule has 4 aromatic carbocycles. The second-order valence-electron chi connectivity index (χ2n) is 8.24. The summed E-state index contributed by atoms with van der Waals surface area (Å²) in [5, 5.41) is 2.88. The van der Waals surface area contributed by atoms with Crippen molar-refractivity contribution in [1.82, 2.24) is 0 Å². The third-order valence-electron chi connectivity index (χ3n) is 5.74. The minimum absolute atomic E-state index is 0.110. The summed E-state index contributed by atoms with van der Waals surface area (Å²) in [4.78, 5) is 41.6. The van der Waals surface area contributed by atoms with Crippen molar-refractivity contribution in [3.63, 3.8) is 0 Å². The summed E-state index contributed by atoms with van der Waals surface area (Å²) in [6.07, 6.45) is 1.91.